The first-order valence-electron chi connectivity index (χ1n) is 10.0. The maximum absolute atomic E-state index is 14.1. The quantitative estimate of drug-likeness (QED) is 0.679. The van der Waals surface area contributed by atoms with Crippen LogP contribution in [0.5, 0.6) is 5.75 Å². The molecule has 2 aromatic rings. The van der Waals surface area contributed by atoms with Gasteiger partial charge in [-0.1, -0.05) is 36.4 Å². The molecule has 2 aliphatic heterocycles. The van der Waals surface area contributed by atoms with E-state index in [0.717, 1.165) is 30.8 Å². The molecule has 6 nitrogen and oxygen atoms in total. The summed E-state index contributed by atoms with van der Waals surface area (Å²) in [6.45, 7) is 2.04. The molecule has 2 aromatic carbocycles. The predicted molar refractivity (Wildman–Crippen MR) is 114 cm³/mol. The molecule has 0 radical (unpaired) electrons. The van der Waals surface area contributed by atoms with Gasteiger partial charge in [0.05, 0.1) is 25.5 Å². The maximum atomic E-state index is 14.1. The van der Waals surface area contributed by atoms with E-state index in [1.54, 1.807) is 18.2 Å². The normalized spacial score (nSPS) is 21.4. The van der Waals surface area contributed by atoms with Crippen LogP contribution in [0.15, 0.2) is 66.1 Å². The van der Waals surface area contributed by atoms with Crippen molar-refractivity contribution < 1.29 is 13.9 Å². The van der Waals surface area contributed by atoms with Gasteiger partial charge in [-0.05, 0) is 30.2 Å². The van der Waals surface area contributed by atoms with Gasteiger partial charge in [0.15, 0.2) is 11.6 Å². The van der Waals surface area contributed by atoms with Gasteiger partial charge in [-0.15, -0.1) is 0 Å². The lowest BCUT2D eigenvalue weighted by Crippen LogP contribution is -2.45. The lowest BCUT2D eigenvalue weighted by atomic mass is 10.1. The minimum atomic E-state index is -0.455. The van der Waals surface area contributed by atoms with E-state index in [0.29, 0.717) is 23.7 Å². The molecule has 2 heterocycles. The topological polar surface area (TPSA) is 85.8 Å². The van der Waals surface area contributed by atoms with Gasteiger partial charge in [0.1, 0.15) is 5.82 Å². The van der Waals surface area contributed by atoms with Crippen LogP contribution in [0.4, 0.5) is 4.39 Å². The van der Waals surface area contributed by atoms with Gasteiger partial charge in [0, 0.05) is 30.4 Å². The Morgan fingerprint density at radius 1 is 1.23 bits per heavy atom. The van der Waals surface area contributed by atoms with Crippen LogP contribution in [0.3, 0.4) is 0 Å². The van der Waals surface area contributed by atoms with Crippen molar-refractivity contribution in [2.45, 2.75) is 25.2 Å². The summed E-state index contributed by atoms with van der Waals surface area (Å²) in [5, 5.41) is 3.25. The summed E-state index contributed by atoms with van der Waals surface area (Å²) in [7, 11) is 1.43. The van der Waals surface area contributed by atoms with Crippen molar-refractivity contribution >= 4 is 5.70 Å². The molecule has 2 atom stereocenters. The Hall–Kier alpha value is -3.19. The number of hydrogen-bond acceptors (Lipinski definition) is 6. The van der Waals surface area contributed by atoms with E-state index in [9.17, 15) is 4.39 Å². The van der Waals surface area contributed by atoms with Crippen LogP contribution in [-0.2, 0) is 11.3 Å². The smallest absolute Gasteiger partial charge is 0.165 e. The summed E-state index contributed by atoms with van der Waals surface area (Å²) in [6, 6.07) is 15.1. The Labute approximate surface area is 175 Å². The fourth-order valence-corrected chi connectivity index (χ4v) is 4.07. The number of halogens is 1. The van der Waals surface area contributed by atoms with Crippen LogP contribution in [0, 0.1) is 5.82 Å². The Morgan fingerprint density at radius 3 is 2.80 bits per heavy atom. The molecule has 0 aliphatic carbocycles. The molecule has 158 valence electrons. The first-order chi connectivity index (χ1) is 14.6. The number of ether oxygens (including phenoxy) is 2. The summed E-state index contributed by atoms with van der Waals surface area (Å²) in [4.78, 5) is 2.22. The zero-order chi connectivity index (χ0) is 21.1. The number of benzene rings is 2. The molecule has 1 saturated heterocycles. The molecule has 0 aromatic heterocycles. The first-order valence-corrected chi connectivity index (χ1v) is 10.0. The lowest BCUT2D eigenvalue weighted by molar-refractivity contribution is 0.0487. The average molecular weight is 410 g/mol. The number of nitrogens with one attached hydrogen (secondary N) is 1. The molecule has 0 saturated carbocycles. The number of hydrogen-bond donors (Lipinski definition) is 3. The number of nitrogens with zero attached hydrogens (tertiary/aromatic N) is 1. The van der Waals surface area contributed by atoms with Crippen molar-refractivity contribution in [1.29, 1.82) is 0 Å². The van der Waals surface area contributed by atoms with Gasteiger partial charge in [0.2, 0.25) is 0 Å². The van der Waals surface area contributed by atoms with Crippen molar-refractivity contribution in [3.63, 3.8) is 0 Å². The third kappa shape index (κ3) is 4.07. The minimum Gasteiger partial charge on any atom is -0.493 e. The van der Waals surface area contributed by atoms with Crippen molar-refractivity contribution in [3.05, 3.63) is 83.1 Å². The van der Waals surface area contributed by atoms with E-state index < -0.39 is 5.82 Å². The highest BCUT2D eigenvalue weighted by Gasteiger charge is 2.37. The van der Waals surface area contributed by atoms with Crippen molar-refractivity contribution in [3.8, 4) is 5.75 Å². The number of nitrogens with two attached hydrogens (primary N) is 2. The van der Waals surface area contributed by atoms with Crippen LogP contribution in [0.25, 0.3) is 5.70 Å². The number of methoxy groups -OCH3 is 1. The van der Waals surface area contributed by atoms with Crippen molar-refractivity contribution in [1.82, 2.24) is 10.2 Å². The molecule has 2 aliphatic rings. The van der Waals surface area contributed by atoms with Crippen LogP contribution in [0.1, 0.15) is 17.5 Å². The molecule has 2 unspecified atom stereocenters. The summed E-state index contributed by atoms with van der Waals surface area (Å²) in [5.74, 6) is 0.216. The zero-order valence-corrected chi connectivity index (χ0v) is 17.0. The van der Waals surface area contributed by atoms with E-state index in [2.05, 4.69) is 22.3 Å². The molecule has 30 heavy (non-hydrogen) atoms. The highest BCUT2D eigenvalue weighted by molar-refractivity contribution is 5.70. The lowest BCUT2D eigenvalue weighted by Gasteiger charge is -2.34. The van der Waals surface area contributed by atoms with Crippen LogP contribution < -0.4 is 21.5 Å². The Kier molecular flexibility index (Phi) is 5.81. The van der Waals surface area contributed by atoms with E-state index in [4.69, 9.17) is 20.9 Å². The largest absolute Gasteiger partial charge is 0.493 e. The summed E-state index contributed by atoms with van der Waals surface area (Å²) in [6.07, 6.45) is 2.77. The molecular weight excluding hydrogens is 383 g/mol. The van der Waals surface area contributed by atoms with E-state index >= 15 is 0 Å². The van der Waals surface area contributed by atoms with E-state index in [1.165, 1.54) is 13.2 Å². The summed E-state index contributed by atoms with van der Waals surface area (Å²) >= 11 is 0. The monoisotopic (exact) mass is 410 g/mol. The van der Waals surface area contributed by atoms with E-state index in [-0.39, 0.29) is 17.9 Å². The highest BCUT2D eigenvalue weighted by atomic mass is 19.1. The van der Waals surface area contributed by atoms with Gasteiger partial charge in [0.25, 0.3) is 0 Å². The standard InChI is InChI=1S/C23H27FN4O2/c1-29-22-18(8-5-9-19(22)24)20(25)11-21-23(26)27-12-16-10-17(13-28(16)21)30-14-15-6-3-2-4-7-15/h2-9,11,16-17,27H,10,12-14,25-26H2,1H3/b20-11-. The molecule has 7 heteroatoms. The number of allylic oxidation sites excluding steroid dienone is 1. The maximum Gasteiger partial charge on any atom is 0.165 e. The third-order valence-electron chi connectivity index (χ3n) is 5.59. The fraction of sp³-hybridized carbons (Fsp3) is 0.304. The Bertz CT molecular complexity index is 961. The van der Waals surface area contributed by atoms with Crippen molar-refractivity contribution in [2.75, 3.05) is 20.2 Å². The Morgan fingerprint density at radius 2 is 2.03 bits per heavy atom. The second kappa shape index (κ2) is 8.67. The van der Waals surface area contributed by atoms with Gasteiger partial charge >= 0.3 is 0 Å². The highest BCUT2D eigenvalue weighted by Crippen LogP contribution is 2.32. The van der Waals surface area contributed by atoms with Gasteiger partial charge < -0.3 is 31.2 Å². The molecule has 1 fully saturated rings. The average Bonchev–Trinajstić information content (AvgIpc) is 3.18. The summed E-state index contributed by atoms with van der Waals surface area (Å²) in [5.41, 5.74) is 15.4. The number of rotatable bonds is 6. The van der Waals surface area contributed by atoms with Gasteiger partial charge in [-0.3, -0.25) is 0 Å². The second-order valence-corrected chi connectivity index (χ2v) is 7.56. The molecule has 5 N–H and O–H groups in total. The van der Waals surface area contributed by atoms with Crippen LogP contribution >= 0.6 is 0 Å². The van der Waals surface area contributed by atoms with Crippen LogP contribution in [-0.4, -0.2) is 37.2 Å². The van der Waals surface area contributed by atoms with Gasteiger partial charge in [-0.25, -0.2) is 4.39 Å². The third-order valence-corrected chi connectivity index (χ3v) is 5.59. The Balaban J connectivity index is 1.52. The molecule has 4 rings (SSSR count). The van der Waals surface area contributed by atoms with Crippen LogP contribution in [0.2, 0.25) is 0 Å². The van der Waals surface area contributed by atoms with Gasteiger partial charge in [-0.2, -0.15) is 0 Å². The van der Waals surface area contributed by atoms with E-state index in [1.807, 2.05) is 18.2 Å². The van der Waals surface area contributed by atoms with Crippen molar-refractivity contribution in [2.24, 2.45) is 11.5 Å². The zero-order valence-electron chi connectivity index (χ0n) is 17.0. The first kappa shape index (κ1) is 20.1. The number of para-hydroxylation sites is 1. The second-order valence-electron chi connectivity index (χ2n) is 7.56. The summed E-state index contributed by atoms with van der Waals surface area (Å²) < 4.78 is 25.4. The molecule has 0 bridgehead atoms. The SMILES string of the molecule is COc1c(F)cccc1/C(N)=C/C1=C(N)NCC2CC(OCc3ccccc3)CN12. The fourth-order valence-electron chi connectivity index (χ4n) is 4.07. The molecular formula is C23H27FN4O2. The molecule has 0 spiro atoms. The molecule has 0 amide bonds. The number of fused-ring (bicyclic) bond motifs is 1. The minimum absolute atomic E-state index is 0.0937. The predicted octanol–water partition coefficient (Wildman–Crippen LogP) is 2.52.